The molecule has 0 saturated carbocycles. The van der Waals surface area contributed by atoms with Crippen LogP contribution in [0.4, 0.5) is 0 Å². The van der Waals surface area contributed by atoms with E-state index in [1.54, 1.807) is 0 Å². The molecule has 114 valence electrons. The van der Waals surface area contributed by atoms with Gasteiger partial charge in [-0.3, -0.25) is 4.99 Å². The van der Waals surface area contributed by atoms with Crippen molar-refractivity contribution in [2.24, 2.45) is 10.4 Å². The molecule has 5 nitrogen and oxygen atoms in total. The maximum Gasteiger partial charge on any atom is 0.194 e. The Labute approximate surface area is 138 Å². The third-order valence-electron chi connectivity index (χ3n) is 4.02. The fourth-order valence-electron chi connectivity index (χ4n) is 2.49. The molecule has 1 unspecified atom stereocenters. The fourth-order valence-corrected chi connectivity index (χ4v) is 2.49. The molecule has 0 aromatic carbocycles. The zero-order chi connectivity index (χ0) is 13.9. The molecule has 1 aliphatic heterocycles. The summed E-state index contributed by atoms with van der Waals surface area (Å²) in [5.74, 6) is 1.79. The molecule has 0 aliphatic carbocycles. The van der Waals surface area contributed by atoms with Crippen LogP contribution in [-0.4, -0.2) is 36.2 Å². The van der Waals surface area contributed by atoms with E-state index in [1.807, 2.05) is 20.0 Å². The molecule has 1 atom stereocenters. The zero-order valence-electron chi connectivity index (χ0n) is 12.8. The smallest absolute Gasteiger partial charge is 0.194 e. The maximum absolute atomic E-state index is 5.20. The first-order valence-corrected chi connectivity index (χ1v) is 6.94. The van der Waals surface area contributed by atoms with Crippen LogP contribution in [0.2, 0.25) is 0 Å². The van der Waals surface area contributed by atoms with Crippen molar-refractivity contribution in [3.05, 3.63) is 17.5 Å². The standard InChI is InChI=1S/C14H24N4O.HI/c1-5-14(3)6-7-18(10-14)13(15-4)16-9-12-8-11(2)17-19-12;/h8H,5-7,9-10H2,1-4H3,(H,15,16);1H. The number of rotatable bonds is 3. The van der Waals surface area contributed by atoms with Crippen molar-refractivity contribution in [3.8, 4) is 0 Å². The quantitative estimate of drug-likeness (QED) is 0.488. The van der Waals surface area contributed by atoms with Crippen LogP contribution in [0.25, 0.3) is 0 Å². The lowest BCUT2D eigenvalue weighted by Gasteiger charge is -2.25. The first kappa shape index (κ1) is 17.3. The number of aliphatic imine (C=N–C) groups is 1. The lowest BCUT2D eigenvalue weighted by atomic mass is 9.87. The van der Waals surface area contributed by atoms with Gasteiger partial charge >= 0.3 is 0 Å². The molecule has 0 spiro atoms. The summed E-state index contributed by atoms with van der Waals surface area (Å²) < 4.78 is 5.20. The van der Waals surface area contributed by atoms with Gasteiger partial charge in [-0.25, -0.2) is 0 Å². The van der Waals surface area contributed by atoms with Gasteiger partial charge in [-0.15, -0.1) is 24.0 Å². The van der Waals surface area contributed by atoms with Gasteiger partial charge in [0.15, 0.2) is 11.7 Å². The number of nitrogens with one attached hydrogen (secondary N) is 1. The Kier molecular flexibility index (Phi) is 6.29. The number of guanidine groups is 1. The number of likely N-dealkylation sites (tertiary alicyclic amines) is 1. The van der Waals surface area contributed by atoms with Crippen molar-refractivity contribution in [3.63, 3.8) is 0 Å². The van der Waals surface area contributed by atoms with Gasteiger partial charge in [0.05, 0.1) is 12.2 Å². The van der Waals surface area contributed by atoms with Crippen LogP contribution in [0.3, 0.4) is 0 Å². The summed E-state index contributed by atoms with van der Waals surface area (Å²) in [6.07, 6.45) is 2.44. The Balaban J connectivity index is 0.00000200. The van der Waals surface area contributed by atoms with E-state index < -0.39 is 0 Å². The van der Waals surface area contributed by atoms with Crippen LogP contribution in [0.5, 0.6) is 0 Å². The highest BCUT2D eigenvalue weighted by molar-refractivity contribution is 14.0. The molecule has 2 rings (SSSR count). The Bertz CT molecular complexity index is 460. The van der Waals surface area contributed by atoms with Crippen molar-refractivity contribution in [1.29, 1.82) is 0 Å². The molecule has 1 fully saturated rings. The number of aryl methyl sites for hydroxylation is 1. The van der Waals surface area contributed by atoms with Crippen molar-refractivity contribution in [1.82, 2.24) is 15.4 Å². The zero-order valence-corrected chi connectivity index (χ0v) is 15.1. The fraction of sp³-hybridized carbons (Fsp3) is 0.714. The summed E-state index contributed by atoms with van der Waals surface area (Å²) in [4.78, 5) is 6.69. The maximum atomic E-state index is 5.20. The van der Waals surface area contributed by atoms with Crippen LogP contribution in [0, 0.1) is 12.3 Å². The largest absolute Gasteiger partial charge is 0.359 e. The molecule has 6 heteroatoms. The van der Waals surface area contributed by atoms with Gasteiger partial charge in [0.2, 0.25) is 0 Å². The van der Waals surface area contributed by atoms with Gasteiger partial charge < -0.3 is 14.7 Å². The highest BCUT2D eigenvalue weighted by atomic mass is 127. The normalized spacial score (nSPS) is 22.8. The van der Waals surface area contributed by atoms with Gasteiger partial charge in [0.1, 0.15) is 0 Å². The minimum absolute atomic E-state index is 0. The number of aromatic nitrogens is 1. The Morgan fingerprint density at radius 3 is 2.85 bits per heavy atom. The summed E-state index contributed by atoms with van der Waals surface area (Å²) in [5.41, 5.74) is 1.33. The summed E-state index contributed by atoms with van der Waals surface area (Å²) in [7, 11) is 1.83. The highest BCUT2D eigenvalue weighted by Crippen LogP contribution is 2.32. The van der Waals surface area contributed by atoms with Crippen molar-refractivity contribution < 1.29 is 4.52 Å². The Hall–Kier alpha value is -0.790. The first-order chi connectivity index (χ1) is 9.06. The van der Waals surface area contributed by atoms with Crippen molar-refractivity contribution >= 4 is 29.9 Å². The minimum Gasteiger partial charge on any atom is -0.359 e. The molecule has 0 bridgehead atoms. The molecule has 20 heavy (non-hydrogen) atoms. The average molecular weight is 392 g/mol. The third kappa shape index (κ3) is 4.10. The molecule has 1 saturated heterocycles. The van der Waals surface area contributed by atoms with E-state index in [0.717, 1.165) is 30.5 Å². The Morgan fingerprint density at radius 2 is 2.35 bits per heavy atom. The van der Waals surface area contributed by atoms with Crippen LogP contribution in [0.1, 0.15) is 38.1 Å². The lowest BCUT2D eigenvalue weighted by molar-refractivity contribution is 0.320. The number of halogens is 1. The van der Waals surface area contributed by atoms with E-state index in [2.05, 4.69) is 34.2 Å². The second-order valence-electron chi connectivity index (χ2n) is 5.67. The summed E-state index contributed by atoms with van der Waals surface area (Å²) in [6, 6.07) is 1.94. The molecule has 1 N–H and O–H groups in total. The van der Waals surface area contributed by atoms with Crippen molar-refractivity contribution in [2.45, 2.75) is 40.2 Å². The average Bonchev–Trinajstić information content (AvgIpc) is 2.98. The number of hydrogen-bond donors (Lipinski definition) is 1. The van der Waals surface area contributed by atoms with Crippen LogP contribution < -0.4 is 5.32 Å². The van der Waals surface area contributed by atoms with Crippen LogP contribution >= 0.6 is 24.0 Å². The summed E-state index contributed by atoms with van der Waals surface area (Å²) >= 11 is 0. The van der Waals surface area contributed by atoms with Crippen LogP contribution in [0.15, 0.2) is 15.6 Å². The molecule has 1 aliphatic rings. The van der Waals surface area contributed by atoms with Crippen molar-refractivity contribution in [2.75, 3.05) is 20.1 Å². The minimum atomic E-state index is 0. The second-order valence-corrected chi connectivity index (χ2v) is 5.67. The number of hydrogen-bond acceptors (Lipinski definition) is 3. The van der Waals surface area contributed by atoms with E-state index in [-0.39, 0.29) is 24.0 Å². The second kappa shape index (κ2) is 7.28. The molecule has 2 heterocycles. The first-order valence-electron chi connectivity index (χ1n) is 6.94. The molecule has 1 aromatic rings. The lowest BCUT2D eigenvalue weighted by Crippen LogP contribution is -2.40. The molecular formula is C14H25IN4O. The molecule has 0 radical (unpaired) electrons. The SMILES string of the molecule is CCC1(C)CCN(C(=NC)NCc2cc(C)no2)C1.I. The predicted molar refractivity (Wildman–Crippen MR) is 91.4 cm³/mol. The summed E-state index contributed by atoms with van der Waals surface area (Å²) in [6.45, 7) is 9.30. The van der Waals surface area contributed by atoms with Gasteiger partial charge in [0.25, 0.3) is 0 Å². The molecule has 1 aromatic heterocycles. The van der Waals surface area contributed by atoms with E-state index >= 15 is 0 Å². The van der Waals surface area contributed by atoms with E-state index in [9.17, 15) is 0 Å². The topological polar surface area (TPSA) is 53.7 Å². The van der Waals surface area contributed by atoms with E-state index in [0.29, 0.717) is 12.0 Å². The molecule has 0 amide bonds. The van der Waals surface area contributed by atoms with Gasteiger partial charge in [-0.1, -0.05) is 19.0 Å². The van der Waals surface area contributed by atoms with Gasteiger partial charge in [-0.2, -0.15) is 0 Å². The molecular weight excluding hydrogens is 367 g/mol. The summed E-state index contributed by atoms with van der Waals surface area (Å²) in [5, 5.41) is 7.23. The third-order valence-corrected chi connectivity index (χ3v) is 4.02. The Morgan fingerprint density at radius 1 is 1.60 bits per heavy atom. The van der Waals surface area contributed by atoms with Gasteiger partial charge in [0, 0.05) is 26.2 Å². The monoisotopic (exact) mass is 392 g/mol. The highest BCUT2D eigenvalue weighted by Gasteiger charge is 2.33. The van der Waals surface area contributed by atoms with Crippen LogP contribution in [-0.2, 0) is 6.54 Å². The van der Waals surface area contributed by atoms with E-state index in [1.165, 1.54) is 12.8 Å². The predicted octanol–water partition coefficient (Wildman–Crippen LogP) is 2.80. The number of nitrogens with zero attached hydrogens (tertiary/aromatic N) is 3. The van der Waals surface area contributed by atoms with E-state index in [4.69, 9.17) is 4.52 Å². The van der Waals surface area contributed by atoms with Gasteiger partial charge in [-0.05, 0) is 25.2 Å².